The number of anilines is 1. The van der Waals surface area contributed by atoms with Gasteiger partial charge in [0.05, 0.1) is 0 Å². The summed E-state index contributed by atoms with van der Waals surface area (Å²) in [4.78, 5) is 42.1. The number of likely N-dealkylation sites (tertiary alicyclic amines) is 1. The average molecular weight is 440 g/mol. The first kappa shape index (κ1) is 21.4. The molecule has 0 aromatic heterocycles. The maximum atomic E-state index is 13.4. The van der Waals surface area contributed by atoms with Crippen LogP contribution in [0.4, 0.5) is 5.69 Å². The Morgan fingerprint density at radius 2 is 1.84 bits per heavy atom. The Kier molecular flexibility index (Phi) is 6.28. The standard InChI is InChI=1S/C24H26ClN3O3/c1-2-22(29)26-20-9-8-16-14-21(24(31)27-10-3-4-11-27)28(15-18(16)13-20)23(30)17-6-5-7-19(25)12-17/h5-9,12-13,21H,2-4,10-11,14-15H2,1H3,(H,26,29)/t21-/m1/s1. The van der Waals surface area contributed by atoms with Gasteiger partial charge in [0.15, 0.2) is 0 Å². The molecule has 6 nitrogen and oxygen atoms in total. The highest BCUT2D eigenvalue weighted by Crippen LogP contribution is 2.29. The largest absolute Gasteiger partial charge is 0.341 e. The Labute approximate surface area is 187 Å². The van der Waals surface area contributed by atoms with Gasteiger partial charge < -0.3 is 15.1 Å². The number of hydrogen-bond donors (Lipinski definition) is 1. The van der Waals surface area contributed by atoms with Crippen LogP contribution in [0.15, 0.2) is 42.5 Å². The maximum Gasteiger partial charge on any atom is 0.254 e. The van der Waals surface area contributed by atoms with Gasteiger partial charge in [-0.1, -0.05) is 30.7 Å². The summed E-state index contributed by atoms with van der Waals surface area (Å²) < 4.78 is 0. The molecule has 2 heterocycles. The Morgan fingerprint density at radius 3 is 2.55 bits per heavy atom. The fourth-order valence-electron chi connectivity index (χ4n) is 4.28. The molecule has 2 aromatic carbocycles. The lowest BCUT2D eigenvalue weighted by Gasteiger charge is -2.38. The van der Waals surface area contributed by atoms with Crippen LogP contribution in [0.1, 0.15) is 47.7 Å². The van der Waals surface area contributed by atoms with E-state index in [4.69, 9.17) is 11.6 Å². The monoisotopic (exact) mass is 439 g/mol. The molecule has 3 amide bonds. The lowest BCUT2D eigenvalue weighted by molar-refractivity contribution is -0.135. The summed E-state index contributed by atoms with van der Waals surface area (Å²) in [7, 11) is 0. The zero-order valence-corrected chi connectivity index (χ0v) is 18.3. The topological polar surface area (TPSA) is 69.7 Å². The molecular formula is C24H26ClN3O3. The van der Waals surface area contributed by atoms with Crippen LogP contribution < -0.4 is 5.32 Å². The van der Waals surface area contributed by atoms with Crippen LogP contribution in [-0.4, -0.2) is 46.7 Å². The highest BCUT2D eigenvalue weighted by atomic mass is 35.5. The summed E-state index contributed by atoms with van der Waals surface area (Å²) >= 11 is 6.11. The van der Waals surface area contributed by atoms with Gasteiger partial charge in [-0.3, -0.25) is 14.4 Å². The van der Waals surface area contributed by atoms with Crippen molar-refractivity contribution in [1.29, 1.82) is 0 Å². The quantitative estimate of drug-likeness (QED) is 0.786. The van der Waals surface area contributed by atoms with Gasteiger partial charge in [-0.2, -0.15) is 0 Å². The fourth-order valence-corrected chi connectivity index (χ4v) is 4.47. The van der Waals surface area contributed by atoms with Crippen molar-refractivity contribution < 1.29 is 14.4 Å². The van der Waals surface area contributed by atoms with E-state index >= 15 is 0 Å². The summed E-state index contributed by atoms with van der Waals surface area (Å²) in [5.41, 5.74) is 3.13. The Hall–Kier alpha value is -2.86. The van der Waals surface area contributed by atoms with Crippen LogP contribution in [0.25, 0.3) is 0 Å². The summed E-state index contributed by atoms with van der Waals surface area (Å²) in [6.07, 6.45) is 2.84. The predicted octanol–water partition coefficient (Wildman–Crippen LogP) is 3.88. The van der Waals surface area contributed by atoms with Crippen molar-refractivity contribution in [3.8, 4) is 0 Å². The molecule has 0 bridgehead atoms. The van der Waals surface area contributed by atoms with Gasteiger partial charge >= 0.3 is 0 Å². The molecule has 1 saturated heterocycles. The SMILES string of the molecule is CCC(=O)Nc1ccc2c(c1)CN(C(=O)c1cccc(Cl)c1)[C@@H](C(=O)N1CCCC1)C2. The van der Waals surface area contributed by atoms with Crippen LogP contribution in [-0.2, 0) is 22.6 Å². The molecule has 2 aliphatic rings. The van der Waals surface area contributed by atoms with Crippen molar-refractivity contribution in [1.82, 2.24) is 9.80 Å². The first-order chi connectivity index (χ1) is 15.0. The number of nitrogens with one attached hydrogen (secondary N) is 1. The number of benzene rings is 2. The molecule has 0 unspecified atom stereocenters. The van der Waals surface area contributed by atoms with Gasteiger partial charge in [0.2, 0.25) is 11.8 Å². The lowest BCUT2D eigenvalue weighted by Crippen LogP contribution is -2.53. The molecule has 2 aromatic rings. The maximum absolute atomic E-state index is 13.4. The lowest BCUT2D eigenvalue weighted by atomic mass is 9.92. The van der Waals surface area contributed by atoms with Gasteiger partial charge in [-0.15, -0.1) is 0 Å². The van der Waals surface area contributed by atoms with Crippen LogP contribution in [0, 0.1) is 0 Å². The number of fused-ring (bicyclic) bond motifs is 1. The molecule has 7 heteroatoms. The molecule has 0 spiro atoms. The zero-order valence-electron chi connectivity index (χ0n) is 17.6. The third kappa shape index (κ3) is 4.59. The summed E-state index contributed by atoms with van der Waals surface area (Å²) in [5, 5.41) is 3.35. The van der Waals surface area contributed by atoms with Crippen LogP contribution in [0.2, 0.25) is 5.02 Å². The molecule has 1 N–H and O–H groups in total. The minimum absolute atomic E-state index is 0.00175. The molecule has 4 rings (SSSR count). The third-order valence-electron chi connectivity index (χ3n) is 5.98. The van der Waals surface area contributed by atoms with Crippen molar-refractivity contribution in [3.63, 3.8) is 0 Å². The molecule has 0 saturated carbocycles. The van der Waals surface area contributed by atoms with E-state index in [-0.39, 0.29) is 17.7 Å². The van der Waals surface area contributed by atoms with E-state index in [0.29, 0.717) is 35.7 Å². The third-order valence-corrected chi connectivity index (χ3v) is 6.21. The zero-order chi connectivity index (χ0) is 22.0. The first-order valence-corrected chi connectivity index (χ1v) is 11.1. The highest BCUT2D eigenvalue weighted by molar-refractivity contribution is 6.31. The van der Waals surface area contributed by atoms with Gasteiger partial charge in [-0.25, -0.2) is 0 Å². The number of nitrogens with zero attached hydrogens (tertiary/aromatic N) is 2. The first-order valence-electron chi connectivity index (χ1n) is 10.7. The van der Waals surface area contributed by atoms with E-state index in [1.807, 2.05) is 23.1 Å². The van der Waals surface area contributed by atoms with Crippen molar-refractivity contribution >= 4 is 35.0 Å². The van der Waals surface area contributed by atoms with Crippen molar-refractivity contribution in [3.05, 3.63) is 64.2 Å². The molecular weight excluding hydrogens is 414 g/mol. The molecule has 31 heavy (non-hydrogen) atoms. The van der Waals surface area contributed by atoms with E-state index in [9.17, 15) is 14.4 Å². The molecule has 1 atom stereocenters. The Morgan fingerprint density at radius 1 is 1.06 bits per heavy atom. The van der Waals surface area contributed by atoms with Crippen LogP contribution in [0.3, 0.4) is 0 Å². The minimum Gasteiger partial charge on any atom is -0.341 e. The van der Waals surface area contributed by atoms with Crippen molar-refractivity contribution in [2.24, 2.45) is 0 Å². The highest BCUT2D eigenvalue weighted by Gasteiger charge is 2.38. The van der Waals surface area contributed by atoms with Gasteiger partial charge in [0.25, 0.3) is 5.91 Å². The number of hydrogen-bond acceptors (Lipinski definition) is 3. The number of halogens is 1. The van der Waals surface area contributed by atoms with Crippen LogP contribution in [0.5, 0.6) is 0 Å². The number of carbonyl (C=O) groups excluding carboxylic acids is 3. The normalized spacial score (nSPS) is 17.9. The molecule has 0 aliphatic carbocycles. The van der Waals surface area contributed by atoms with E-state index in [0.717, 1.165) is 37.1 Å². The van der Waals surface area contributed by atoms with Crippen molar-refractivity contribution in [2.75, 3.05) is 18.4 Å². The average Bonchev–Trinajstić information content (AvgIpc) is 3.32. The van der Waals surface area contributed by atoms with E-state index in [2.05, 4.69) is 5.32 Å². The second kappa shape index (κ2) is 9.10. The predicted molar refractivity (Wildman–Crippen MR) is 120 cm³/mol. The summed E-state index contributed by atoms with van der Waals surface area (Å²) in [6, 6.07) is 12.0. The van der Waals surface area contributed by atoms with Gasteiger partial charge in [0.1, 0.15) is 6.04 Å². The second-order valence-corrected chi connectivity index (χ2v) is 8.52. The summed E-state index contributed by atoms with van der Waals surface area (Å²) in [6.45, 7) is 3.58. The second-order valence-electron chi connectivity index (χ2n) is 8.08. The molecule has 0 radical (unpaired) electrons. The van der Waals surface area contributed by atoms with Crippen molar-refractivity contribution in [2.45, 2.75) is 45.2 Å². The van der Waals surface area contributed by atoms with E-state index in [1.54, 1.807) is 36.1 Å². The molecule has 162 valence electrons. The Bertz CT molecular complexity index is 1020. The van der Waals surface area contributed by atoms with E-state index in [1.165, 1.54) is 0 Å². The van der Waals surface area contributed by atoms with Gasteiger partial charge in [-0.05, 0) is 54.3 Å². The number of amides is 3. The Balaban J connectivity index is 1.67. The fraction of sp³-hybridized carbons (Fsp3) is 0.375. The van der Waals surface area contributed by atoms with Gasteiger partial charge in [0, 0.05) is 48.7 Å². The smallest absolute Gasteiger partial charge is 0.254 e. The van der Waals surface area contributed by atoms with E-state index < -0.39 is 6.04 Å². The molecule has 1 fully saturated rings. The number of rotatable bonds is 4. The number of carbonyl (C=O) groups is 3. The van der Waals surface area contributed by atoms with Crippen LogP contribution >= 0.6 is 11.6 Å². The minimum atomic E-state index is -0.548. The summed E-state index contributed by atoms with van der Waals surface area (Å²) in [5.74, 6) is -0.278. The molecule has 2 aliphatic heterocycles.